The van der Waals surface area contributed by atoms with Gasteiger partial charge in [-0.1, -0.05) is 24.3 Å². The number of pyridine rings is 1. The van der Waals surface area contributed by atoms with E-state index in [0.717, 1.165) is 23.4 Å². The topological polar surface area (TPSA) is 109 Å². The number of methoxy groups -OCH3 is 1. The summed E-state index contributed by atoms with van der Waals surface area (Å²) in [7, 11) is 1.59. The molecule has 0 saturated heterocycles. The van der Waals surface area contributed by atoms with Crippen LogP contribution in [0.4, 0.5) is 23.2 Å². The van der Waals surface area contributed by atoms with Crippen molar-refractivity contribution in [3.8, 4) is 40.0 Å². The third-order valence-electron chi connectivity index (χ3n) is 6.71. The van der Waals surface area contributed by atoms with Gasteiger partial charge in [0.15, 0.2) is 5.75 Å². The Morgan fingerprint density at radius 3 is 2.37 bits per heavy atom. The first-order valence-corrected chi connectivity index (χ1v) is 14.0. The van der Waals surface area contributed by atoms with Crippen molar-refractivity contribution in [3.05, 3.63) is 101 Å². The Bertz CT molecular complexity index is 1840. The summed E-state index contributed by atoms with van der Waals surface area (Å²) in [6, 6.07) is 16.2. The first-order chi connectivity index (χ1) is 22.0. The summed E-state index contributed by atoms with van der Waals surface area (Å²) in [5.74, 6) is -0.0267. The lowest BCUT2D eigenvalue weighted by Crippen LogP contribution is -2.16. The lowest BCUT2D eigenvalue weighted by atomic mass is 10.0. The molecule has 1 N–H and O–H groups in total. The van der Waals surface area contributed by atoms with Gasteiger partial charge in [-0.3, -0.25) is 4.79 Å². The van der Waals surface area contributed by atoms with E-state index in [1.165, 1.54) is 31.3 Å². The Morgan fingerprint density at radius 1 is 0.935 bits per heavy atom. The van der Waals surface area contributed by atoms with E-state index in [9.17, 15) is 18.0 Å². The van der Waals surface area contributed by atoms with Crippen LogP contribution in [-0.2, 0) is 24.0 Å². The van der Waals surface area contributed by atoms with E-state index >= 15 is 4.39 Å². The number of alkyl halides is 3. The molecule has 0 bridgehead atoms. The molecule has 5 aromatic rings. The maximum absolute atomic E-state index is 15.2. The molecule has 3 aromatic carbocycles. The van der Waals surface area contributed by atoms with Crippen LogP contribution in [0, 0.1) is 12.7 Å². The minimum atomic E-state index is -4.70. The maximum Gasteiger partial charge on any atom is 0.416 e. The zero-order chi connectivity index (χ0) is 32.8. The largest absolute Gasteiger partial charge is 0.497 e. The molecule has 2 heterocycles. The van der Waals surface area contributed by atoms with E-state index in [-0.39, 0.29) is 41.1 Å². The molecule has 0 atom stereocenters. The number of aromatic nitrogens is 3. The molecular weight excluding hydrogens is 608 g/mol. The lowest BCUT2D eigenvalue weighted by molar-refractivity contribution is -0.137. The number of hydrogen-bond acceptors (Lipinski definition) is 8. The monoisotopic (exact) mass is 636 g/mol. The predicted octanol–water partition coefficient (Wildman–Crippen LogP) is 7.43. The number of nitrogens with zero attached hydrogens (tertiary/aromatic N) is 3. The van der Waals surface area contributed by atoms with Crippen LogP contribution < -0.4 is 19.5 Å². The maximum atomic E-state index is 15.2. The molecule has 0 unspecified atom stereocenters. The number of aryl methyl sites for hydroxylation is 1. The Kier molecular flexibility index (Phi) is 9.50. The van der Waals surface area contributed by atoms with Crippen LogP contribution in [0.3, 0.4) is 0 Å². The minimum Gasteiger partial charge on any atom is -0.497 e. The van der Waals surface area contributed by atoms with Gasteiger partial charge in [-0.25, -0.2) is 9.37 Å². The van der Waals surface area contributed by atoms with Crippen molar-refractivity contribution in [3.63, 3.8) is 0 Å². The number of ether oxygens (including phenoxy) is 3. The number of rotatable bonds is 11. The third-order valence-corrected chi connectivity index (χ3v) is 6.71. The highest BCUT2D eigenvalue weighted by atomic mass is 19.4. The average Bonchev–Trinajstić information content (AvgIpc) is 3.47. The molecule has 0 aliphatic rings. The predicted molar refractivity (Wildman–Crippen MR) is 160 cm³/mol. The fourth-order valence-electron chi connectivity index (χ4n) is 4.48. The minimum absolute atomic E-state index is 0.0292. The van der Waals surface area contributed by atoms with Gasteiger partial charge in [0.2, 0.25) is 17.7 Å². The Morgan fingerprint density at radius 2 is 1.72 bits per heavy atom. The third kappa shape index (κ3) is 7.78. The molecule has 1 amide bonds. The van der Waals surface area contributed by atoms with Crippen LogP contribution >= 0.6 is 0 Å². The van der Waals surface area contributed by atoms with E-state index < -0.39 is 29.9 Å². The zero-order valence-electron chi connectivity index (χ0n) is 24.9. The molecule has 2 aromatic heterocycles. The zero-order valence-corrected chi connectivity index (χ0v) is 24.9. The quantitative estimate of drug-likeness (QED) is 0.149. The van der Waals surface area contributed by atoms with E-state index in [1.807, 2.05) is 31.2 Å². The highest BCUT2D eigenvalue weighted by molar-refractivity contribution is 5.93. The van der Waals surface area contributed by atoms with Gasteiger partial charge in [0.1, 0.15) is 18.2 Å². The molecule has 0 radical (unpaired) electrons. The molecule has 13 heteroatoms. The summed E-state index contributed by atoms with van der Waals surface area (Å²) in [6.07, 6.45) is -3.62. The molecule has 0 aliphatic heterocycles. The van der Waals surface area contributed by atoms with Crippen molar-refractivity contribution in [2.24, 2.45) is 0 Å². The van der Waals surface area contributed by atoms with Gasteiger partial charge in [0.05, 0.1) is 25.7 Å². The number of halogens is 4. The molecule has 0 spiro atoms. The van der Waals surface area contributed by atoms with Crippen molar-refractivity contribution >= 4 is 11.6 Å². The standard InChI is InChI=1S/C33H28F4N4O5/c1-4-44-29-14-24(17-38-32(29)45-18-20-5-9-27(43-3)10-6-20)21-7-8-22(28(34)13-21)15-30(42)39-26-12-23(31-41-40-19(2)46-31)11-25(16-26)33(35,36)37/h5-14,16-17H,4,15,18H2,1-3H3,(H,39,42). The van der Waals surface area contributed by atoms with Crippen LogP contribution in [0.25, 0.3) is 22.6 Å². The molecule has 0 saturated carbocycles. The number of carbonyl (C=O) groups is 1. The molecule has 238 valence electrons. The van der Waals surface area contributed by atoms with E-state index in [0.29, 0.717) is 23.5 Å². The summed E-state index contributed by atoms with van der Waals surface area (Å²) >= 11 is 0. The van der Waals surface area contributed by atoms with Gasteiger partial charge in [0, 0.05) is 29.9 Å². The van der Waals surface area contributed by atoms with Crippen molar-refractivity contribution < 1.29 is 41.0 Å². The van der Waals surface area contributed by atoms with Crippen LogP contribution in [0.2, 0.25) is 0 Å². The molecule has 0 fully saturated rings. The number of nitrogens with one attached hydrogen (secondary N) is 1. The smallest absolute Gasteiger partial charge is 0.416 e. The van der Waals surface area contributed by atoms with Gasteiger partial charge in [-0.2, -0.15) is 13.2 Å². The van der Waals surface area contributed by atoms with Gasteiger partial charge >= 0.3 is 6.18 Å². The van der Waals surface area contributed by atoms with E-state index in [2.05, 4.69) is 20.5 Å². The Hall–Kier alpha value is -5.46. The van der Waals surface area contributed by atoms with Crippen molar-refractivity contribution in [1.82, 2.24) is 15.2 Å². The second kappa shape index (κ2) is 13.7. The highest BCUT2D eigenvalue weighted by Gasteiger charge is 2.32. The van der Waals surface area contributed by atoms with Crippen molar-refractivity contribution in [2.75, 3.05) is 19.0 Å². The summed E-state index contributed by atoms with van der Waals surface area (Å²) in [4.78, 5) is 17.2. The van der Waals surface area contributed by atoms with Crippen molar-refractivity contribution in [2.45, 2.75) is 33.1 Å². The number of benzene rings is 3. The Balaban J connectivity index is 1.30. The second-order valence-electron chi connectivity index (χ2n) is 10.1. The van der Waals surface area contributed by atoms with Gasteiger partial charge in [-0.05, 0) is 66.1 Å². The van der Waals surface area contributed by atoms with E-state index in [1.54, 1.807) is 19.2 Å². The average molecular weight is 637 g/mol. The number of hydrogen-bond donors (Lipinski definition) is 1. The van der Waals surface area contributed by atoms with E-state index in [4.69, 9.17) is 18.6 Å². The van der Waals surface area contributed by atoms with Crippen LogP contribution in [0.5, 0.6) is 17.4 Å². The summed E-state index contributed by atoms with van der Waals surface area (Å²) < 4.78 is 77.9. The van der Waals surface area contributed by atoms with Crippen LogP contribution in [0.15, 0.2) is 77.3 Å². The lowest BCUT2D eigenvalue weighted by Gasteiger charge is -2.14. The molecule has 0 aliphatic carbocycles. The molecule has 5 rings (SSSR count). The first-order valence-electron chi connectivity index (χ1n) is 14.0. The first kappa shape index (κ1) is 31.9. The Labute approximate surface area is 261 Å². The van der Waals surface area contributed by atoms with Crippen LogP contribution in [-0.4, -0.2) is 34.8 Å². The van der Waals surface area contributed by atoms with Gasteiger partial charge in [-0.15, -0.1) is 10.2 Å². The fourth-order valence-corrected chi connectivity index (χ4v) is 4.48. The summed E-state index contributed by atoms with van der Waals surface area (Å²) in [5.41, 5.74) is 0.732. The second-order valence-corrected chi connectivity index (χ2v) is 10.1. The SMILES string of the molecule is CCOc1cc(-c2ccc(CC(=O)Nc3cc(-c4nnc(C)o4)cc(C(F)(F)F)c3)c(F)c2)cnc1OCc1ccc(OC)cc1. The number of amides is 1. The highest BCUT2D eigenvalue weighted by Crippen LogP contribution is 2.35. The summed E-state index contributed by atoms with van der Waals surface area (Å²) in [5, 5.41) is 9.79. The number of anilines is 1. The normalized spacial score (nSPS) is 11.3. The van der Waals surface area contributed by atoms with Gasteiger partial charge in [0.25, 0.3) is 5.88 Å². The number of carbonyl (C=O) groups excluding carboxylic acids is 1. The van der Waals surface area contributed by atoms with Gasteiger partial charge < -0.3 is 23.9 Å². The van der Waals surface area contributed by atoms with Crippen molar-refractivity contribution in [1.29, 1.82) is 0 Å². The molecular formula is C33H28F4N4O5. The summed E-state index contributed by atoms with van der Waals surface area (Å²) in [6.45, 7) is 3.89. The molecule has 9 nitrogen and oxygen atoms in total. The van der Waals surface area contributed by atoms with Crippen LogP contribution in [0.1, 0.15) is 29.5 Å². The molecule has 46 heavy (non-hydrogen) atoms. The fraction of sp³-hybridized carbons (Fsp3) is 0.212.